The van der Waals surface area contributed by atoms with Gasteiger partial charge in [0, 0.05) is 44.1 Å². The summed E-state index contributed by atoms with van der Waals surface area (Å²) in [7, 11) is 0. The third kappa shape index (κ3) is 4.35. The summed E-state index contributed by atoms with van der Waals surface area (Å²) in [6.07, 6.45) is 8.22. The smallest absolute Gasteiger partial charge is 0.274 e. The Morgan fingerprint density at radius 1 is 1.04 bits per heavy atom. The minimum absolute atomic E-state index is 0.0565. The van der Waals surface area contributed by atoms with E-state index in [0.29, 0.717) is 24.1 Å². The highest BCUT2D eigenvalue weighted by Crippen LogP contribution is 2.27. The topological polar surface area (TPSA) is 49.3 Å². The van der Waals surface area contributed by atoms with Crippen molar-refractivity contribution in [2.24, 2.45) is 5.92 Å². The van der Waals surface area contributed by atoms with Crippen LogP contribution in [0.4, 0.5) is 8.78 Å². The van der Waals surface area contributed by atoms with Crippen molar-refractivity contribution in [2.75, 3.05) is 26.2 Å². The Bertz CT molecular complexity index is 804. The van der Waals surface area contributed by atoms with Crippen LogP contribution in [0.1, 0.15) is 35.3 Å². The van der Waals surface area contributed by atoms with Crippen LogP contribution < -0.4 is 0 Å². The molecule has 0 spiro atoms. The predicted molar refractivity (Wildman–Crippen MR) is 101 cm³/mol. The third-order valence-electron chi connectivity index (χ3n) is 5.81. The summed E-state index contributed by atoms with van der Waals surface area (Å²) in [5.74, 6) is -0.658. The predicted octanol–water partition coefficient (Wildman–Crippen LogP) is 2.92. The van der Waals surface area contributed by atoms with Crippen molar-refractivity contribution in [3.63, 3.8) is 0 Å². The molecule has 5 nitrogen and oxygen atoms in total. The molecule has 3 heterocycles. The van der Waals surface area contributed by atoms with Crippen LogP contribution in [-0.2, 0) is 6.42 Å². The lowest BCUT2D eigenvalue weighted by atomic mass is 9.98. The van der Waals surface area contributed by atoms with Crippen LogP contribution in [0.15, 0.2) is 36.8 Å². The Kier molecular flexibility index (Phi) is 5.62. The first-order chi connectivity index (χ1) is 13.6. The van der Waals surface area contributed by atoms with Gasteiger partial charge >= 0.3 is 0 Å². The van der Waals surface area contributed by atoms with E-state index in [0.717, 1.165) is 57.1 Å². The van der Waals surface area contributed by atoms with E-state index >= 15 is 0 Å². The van der Waals surface area contributed by atoms with Gasteiger partial charge in [-0.15, -0.1) is 0 Å². The number of aromatic nitrogens is 2. The molecule has 7 heteroatoms. The highest BCUT2D eigenvalue weighted by atomic mass is 19.1. The van der Waals surface area contributed by atoms with E-state index < -0.39 is 11.6 Å². The monoisotopic (exact) mass is 386 g/mol. The zero-order valence-electron chi connectivity index (χ0n) is 15.7. The minimum atomic E-state index is -0.509. The molecule has 1 amide bonds. The SMILES string of the molecule is O=C(c1cnccn1)N1CCC(N2CCC(Cc3cc(F)cc(F)c3)C2)CC1. The maximum Gasteiger partial charge on any atom is 0.274 e. The highest BCUT2D eigenvalue weighted by Gasteiger charge is 2.32. The van der Waals surface area contributed by atoms with Crippen LogP contribution in [-0.4, -0.2) is 57.9 Å². The van der Waals surface area contributed by atoms with E-state index in [1.165, 1.54) is 24.5 Å². The average Bonchev–Trinajstić information content (AvgIpc) is 3.16. The van der Waals surface area contributed by atoms with Gasteiger partial charge in [0.1, 0.15) is 17.3 Å². The summed E-state index contributed by atoms with van der Waals surface area (Å²) < 4.78 is 26.8. The number of nitrogens with zero attached hydrogens (tertiary/aromatic N) is 4. The normalized spacial score (nSPS) is 21.2. The molecule has 2 aliphatic heterocycles. The number of halogens is 2. The van der Waals surface area contributed by atoms with E-state index in [1.807, 2.05) is 4.90 Å². The average molecular weight is 386 g/mol. The number of rotatable bonds is 4. The second-order valence-corrected chi connectivity index (χ2v) is 7.75. The summed E-state index contributed by atoms with van der Waals surface area (Å²) in [4.78, 5) is 24.9. The lowest BCUT2D eigenvalue weighted by Gasteiger charge is -2.36. The van der Waals surface area contributed by atoms with Crippen molar-refractivity contribution in [1.82, 2.24) is 19.8 Å². The summed E-state index contributed by atoms with van der Waals surface area (Å²) >= 11 is 0. The Morgan fingerprint density at radius 2 is 1.79 bits per heavy atom. The van der Waals surface area contributed by atoms with E-state index in [9.17, 15) is 13.6 Å². The van der Waals surface area contributed by atoms with Gasteiger partial charge in [-0.3, -0.25) is 14.7 Å². The molecule has 1 aromatic heterocycles. The van der Waals surface area contributed by atoms with Crippen molar-refractivity contribution in [2.45, 2.75) is 31.7 Å². The maximum atomic E-state index is 13.4. The fraction of sp³-hybridized carbons (Fsp3) is 0.476. The summed E-state index contributed by atoms with van der Waals surface area (Å²) in [5.41, 5.74) is 1.12. The number of hydrogen-bond acceptors (Lipinski definition) is 4. The molecule has 0 bridgehead atoms. The molecule has 2 fully saturated rings. The summed E-state index contributed by atoms with van der Waals surface area (Å²) in [5, 5.41) is 0. The van der Waals surface area contributed by atoms with Crippen LogP contribution in [0.5, 0.6) is 0 Å². The quantitative estimate of drug-likeness (QED) is 0.811. The zero-order chi connectivity index (χ0) is 19.5. The molecule has 2 saturated heterocycles. The molecule has 4 rings (SSSR count). The lowest BCUT2D eigenvalue weighted by Crippen LogP contribution is -2.46. The molecule has 148 valence electrons. The molecule has 0 N–H and O–H groups in total. The lowest BCUT2D eigenvalue weighted by molar-refractivity contribution is 0.0635. The second kappa shape index (κ2) is 8.31. The molecular formula is C21H24F2N4O. The van der Waals surface area contributed by atoms with Crippen LogP contribution >= 0.6 is 0 Å². The standard InChI is InChI=1S/C21H24F2N4O/c22-17-10-16(11-18(23)12-17)9-15-1-6-27(14-15)19-2-7-26(8-3-19)21(28)20-13-24-4-5-25-20/h4-5,10-13,15,19H,1-3,6-9,14H2. The van der Waals surface area contributed by atoms with Gasteiger partial charge in [-0.25, -0.2) is 13.8 Å². The van der Waals surface area contributed by atoms with Gasteiger partial charge in [-0.2, -0.15) is 0 Å². The number of hydrogen-bond donors (Lipinski definition) is 0. The molecule has 0 saturated carbocycles. The van der Waals surface area contributed by atoms with E-state index in [4.69, 9.17) is 0 Å². The van der Waals surface area contributed by atoms with Crippen LogP contribution in [0.2, 0.25) is 0 Å². The molecule has 2 aromatic rings. The van der Waals surface area contributed by atoms with Gasteiger partial charge in [-0.1, -0.05) is 0 Å². The van der Waals surface area contributed by atoms with Gasteiger partial charge in [0.25, 0.3) is 5.91 Å². The van der Waals surface area contributed by atoms with E-state index in [2.05, 4.69) is 14.9 Å². The molecule has 2 aliphatic rings. The van der Waals surface area contributed by atoms with Crippen molar-refractivity contribution < 1.29 is 13.6 Å². The van der Waals surface area contributed by atoms with Crippen LogP contribution in [0, 0.1) is 17.6 Å². The molecular weight excluding hydrogens is 362 g/mol. The largest absolute Gasteiger partial charge is 0.337 e. The minimum Gasteiger partial charge on any atom is -0.337 e. The molecule has 1 aromatic carbocycles. The first-order valence-corrected chi connectivity index (χ1v) is 9.83. The van der Waals surface area contributed by atoms with Crippen LogP contribution in [0.3, 0.4) is 0 Å². The fourth-order valence-corrected chi connectivity index (χ4v) is 4.43. The third-order valence-corrected chi connectivity index (χ3v) is 5.81. The van der Waals surface area contributed by atoms with Gasteiger partial charge < -0.3 is 4.90 Å². The van der Waals surface area contributed by atoms with Gasteiger partial charge in [0.05, 0.1) is 6.20 Å². The molecule has 28 heavy (non-hydrogen) atoms. The number of carbonyl (C=O) groups excluding carboxylic acids is 1. The van der Waals surface area contributed by atoms with E-state index in [-0.39, 0.29) is 5.91 Å². The summed E-state index contributed by atoms with van der Waals surface area (Å²) in [6.45, 7) is 3.39. The number of amides is 1. The molecule has 0 aliphatic carbocycles. The van der Waals surface area contributed by atoms with Gasteiger partial charge in [0.2, 0.25) is 0 Å². The fourth-order valence-electron chi connectivity index (χ4n) is 4.43. The van der Waals surface area contributed by atoms with Crippen molar-refractivity contribution in [1.29, 1.82) is 0 Å². The van der Waals surface area contributed by atoms with Crippen molar-refractivity contribution in [3.8, 4) is 0 Å². The highest BCUT2D eigenvalue weighted by molar-refractivity contribution is 5.92. The van der Waals surface area contributed by atoms with Crippen LogP contribution in [0.25, 0.3) is 0 Å². The Morgan fingerprint density at radius 3 is 2.46 bits per heavy atom. The Balaban J connectivity index is 1.28. The Labute approximate surface area is 163 Å². The van der Waals surface area contributed by atoms with E-state index in [1.54, 1.807) is 6.20 Å². The number of benzene rings is 1. The van der Waals surface area contributed by atoms with Crippen molar-refractivity contribution in [3.05, 3.63) is 59.7 Å². The number of likely N-dealkylation sites (tertiary alicyclic amines) is 2. The first kappa shape index (κ1) is 18.9. The summed E-state index contributed by atoms with van der Waals surface area (Å²) in [6, 6.07) is 4.24. The molecule has 0 radical (unpaired) electrons. The molecule has 1 unspecified atom stereocenters. The maximum absolute atomic E-state index is 13.4. The van der Waals surface area contributed by atoms with Gasteiger partial charge in [0.15, 0.2) is 0 Å². The zero-order valence-corrected chi connectivity index (χ0v) is 15.7. The number of piperidine rings is 1. The Hall–Kier alpha value is -2.41. The second-order valence-electron chi connectivity index (χ2n) is 7.75. The van der Waals surface area contributed by atoms with Crippen molar-refractivity contribution >= 4 is 5.91 Å². The molecule has 1 atom stereocenters. The van der Waals surface area contributed by atoms with Gasteiger partial charge in [-0.05, 0) is 55.8 Å². The number of carbonyl (C=O) groups is 1. The first-order valence-electron chi connectivity index (χ1n) is 9.83.